The van der Waals surface area contributed by atoms with Crippen LogP contribution in [0.25, 0.3) is 0 Å². The van der Waals surface area contributed by atoms with E-state index in [1.54, 1.807) is 0 Å². The number of carbonyl (C=O) groups is 1. The molecular formula is C10H15F3N2O. The van der Waals surface area contributed by atoms with E-state index in [2.05, 4.69) is 0 Å². The number of nitrogens with two attached hydrogens (primary N) is 1. The van der Waals surface area contributed by atoms with Gasteiger partial charge in [0.1, 0.15) is 5.41 Å². The maximum atomic E-state index is 12.7. The van der Waals surface area contributed by atoms with Crippen LogP contribution < -0.4 is 5.73 Å². The normalized spacial score (nSPS) is 29.0. The lowest BCUT2D eigenvalue weighted by Gasteiger charge is -2.34. The molecule has 0 radical (unpaired) electrons. The van der Waals surface area contributed by atoms with Crippen molar-refractivity contribution in [2.24, 2.45) is 11.1 Å². The summed E-state index contributed by atoms with van der Waals surface area (Å²) in [7, 11) is 0. The summed E-state index contributed by atoms with van der Waals surface area (Å²) in [5.41, 5.74) is 3.58. The van der Waals surface area contributed by atoms with Gasteiger partial charge in [-0.25, -0.2) is 0 Å². The summed E-state index contributed by atoms with van der Waals surface area (Å²) in [4.78, 5) is 13.1. The van der Waals surface area contributed by atoms with E-state index in [9.17, 15) is 18.0 Å². The highest BCUT2D eigenvalue weighted by Gasteiger charge is 2.69. The Labute approximate surface area is 91.8 Å². The molecule has 92 valence electrons. The lowest BCUT2D eigenvalue weighted by molar-refractivity contribution is -0.199. The molecule has 2 aliphatic rings. The van der Waals surface area contributed by atoms with Crippen LogP contribution in [0.15, 0.2) is 0 Å². The first-order valence-corrected chi connectivity index (χ1v) is 5.48. The van der Waals surface area contributed by atoms with Crippen molar-refractivity contribution < 1.29 is 18.0 Å². The van der Waals surface area contributed by atoms with Gasteiger partial charge in [-0.2, -0.15) is 13.2 Å². The van der Waals surface area contributed by atoms with Crippen molar-refractivity contribution >= 4 is 5.91 Å². The highest BCUT2D eigenvalue weighted by Crippen LogP contribution is 2.58. The lowest BCUT2D eigenvalue weighted by atomic mass is 10.0. The number of amides is 1. The van der Waals surface area contributed by atoms with Crippen molar-refractivity contribution in [2.75, 3.05) is 13.1 Å². The highest BCUT2D eigenvalue weighted by atomic mass is 19.4. The zero-order chi connectivity index (χ0) is 12.0. The number of nitrogens with zero attached hydrogens (tertiary/aromatic N) is 1. The van der Waals surface area contributed by atoms with Crippen LogP contribution in [0, 0.1) is 5.41 Å². The molecule has 3 nitrogen and oxygen atoms in total. The van der Waals surface area contributed by atoms with Gasteiger partial charge < -0.3 is 10.6 Å². The molecule has 0 unspecified atom stereocenters. The van der Waals surface area contributed by atoms with Crippen LogP contribution in [0.5, 0.6) is 0 Å². The monoisotopic (exact) mass is 236 g/mol. The molecule has 2 fully saturated rings. The van der Waals surface area contributed by atoms with E-state index >= 15 is 0 Å². The average Bonchev–Trinajstić information content (AvgIpc) is 2.96. The van der Waals surface area contributed by atoms with Gasteiger partial charge in [-0.05, 0) is 25.7 Å². The third kappa shape index (κ3) is 1.79. The van der Waals surface area contributed by atoms with Crippen molar-refractivity contribution in [3.05, 3.63) is 0 Å². The average molecular weight is 236 g/mol. The Morgan fingerprint density at radius 2 is 2.00 bits per heavy atom. The zero-order valence-electron chi connectivity index (χ0n) is 8.89. The summed E-state index contributed by atoms with van der Waals surface area (Å²) in [6, 6.07) is -0.179. The van der Waals surface area contributed by atoms with E-state index in [0.29, 0.717) is 13.0 Å². The van der Waals surface area contributed by atoms with Gasteiger partial charge in [0.15, 0.2) is 0 Å². The molecule has 1 saturated carbocycles. The minimum absolute atomic E-state index is 0.0684. The molecule has 0 spiro atoms. The summed E-state index contributed by atoms with van der Waals surface area (Å²) < 4.78 is 38.2. The van der Waals surface area contributed by atoms with Gasteiger partial charge in [0, 0.05) is 19.1 Å². The number of halogens is 3. The van der Waals surface area contributed by atoms with Gasteiger partial charge in [-0.3, -0.25) is 4.79 Å². The van der Waals surface area contributed by atoms with Crippen molar-refractivity contribution in [2.45, 2.75) is 37.9 Å². The van der Waals surface area contributed by atoms with Crippen molar-refractivity contribution in [1.82, 2.24) is 4.90 Å². The molecule has 1 heterocycles. The highest BCUT2D eigenvalue weighted by molar-refractivity contribution is 5.86. The molecule has 0 aromatic rings. The van der Waals surface area contributed by atoms with Crippen LogP contribution in [-0.4, -0.2) is 36.1 Å². The van der Waals surface area contributed by atoms with E-state index in [-0.39, 0.29) is 25.4 Å². The number of alkyl halides is 3. The molecule has 2 rings (SSSR count). The minimum atomic E-state index is -4.41. The van der Waals surface area contributed by atoms with Gasteiger partial charge in [-0.15, -0.1) is 0 Å². The Kier molecular flexibility index (Phi) is 2.64. The summed E-state index contributed by atoms with van der Waals surface area (Å²) in [5.74, 6) is -0.768. The van der Waals surface area contributed by atoms with Crippen LogP contribution in [0.3, 0.4) is 0 Å². The molecule has 16 heavy (non-hydrogen) atoms. The summed E-state index contributed by atoms with van der Waals surface area (Å²) in [5, 5.41) is 0. The number of likely N-dealkylation sites (tertiary alicyclic amines) is 1. The number of rotatable bonds is 1. The Morgan fingerprint density at radius 3 is 2.44 bits per heavy atom. The Balaban J connectivity index is 2.08. The van der Waals surface area contributed by atoms with Gasteiger partial charge in [0.25, 0.3) is 0 Å². The second-order valence-corrected chi connectivity index (χ2v) is 4.73. The van der Waals surface area contributed by atoms with E-state index in [1.165, 1.54) is 4.90 Å². The Hall–Kier alpha value is -0.780. The molecule has 0 bridgehead atoms. The molecule has 0 aromatic carbocycles. The summed E-state index contributed by atoms with van der Waals surface area (Å²) in [6.07, 6.45) is -3.07. The Morgan fingerprint density at radius 1 is 1.38 bits per heavy atom. The third-order valence-electron chi connectivity index (χ3n) is 3.45. The first-order chi connectivity index (χ1) is 7.37. The second-order valence-electron chi connectivity index (χ2n) is 4.73. The molecule has 2 N–H and O–H groups in total. The number of hydrogen-bond donors (Lipinski definition) is 1. The van der Waals surface area contributed by atoms with E-state index < -0.39 is 17.5 Å². The fourth-order valence-corrected chi connectivity index (χ4v) is 2.24. The SMILES string of the molecule is N[C@H]1CCCN(C(=O)C2(C(F)(F)F)CC2)C1. The second kappa shape index (κ2) is 3.61. The lowest BCUT2D eigenvalue weighted by Crippen LogP contribution is -2.51. The Bertz CT molecular complexity index is 299. The van der Waals surface area contributed by atoms with E-state index in [0.717, 1.165) is 6.42 Å². The predicted molar refractivity (Wildman–Crippen MR) is 51.5 cm³/mol. The van der Waals surface area contributed by atoms with Crippen LogP contribution >= 0.6 is 0 Å². The summed E-state index contributed by atoms with van der Waals surface area (Å²) in [6.45, 7) is 0.668. The maximum absolute atomic E-state index is 12.7. The van der Waals surface area contributed by atoms with Crippen LogP contribution in [-0.2, 0) is 4.79 Å². The van der Waals surface area contributed by atoms with Gasteiger partial charge in [-0.1, -0.05) is 0 Å². The quantitative estimate of drug-likeness (QED) is 0.745. The van der Waals surface area contributed by atoms with Crippen LogP contribution in [0.1, 0.15) is 25.7 Å². The van der Waals surface area contributed by atoms with Crippen molar-refractivity contribution in [3.63, 3.8) is 0 Å². The first kappa shape index (κ1) is 11.7. The number of hydrogen-bond acceptors (Lipinski definition) is 2. The molecule has 0 aromatic heterocycles. The molecule has 1 atom stereocenters. The van der Waals surface area contributed by atoms with E-state index in [4.69, 9.17) is 5.73 Å². The first-order valence-electron chi connectivity index (χ1n) is 5.48. The third-order valence-corrected chi connectivity index (χ3v) is 3.45. The number of piperidine rings is 1. The fourth-order valence-electron chi connectivity index (χ4n) is 2.24. The standard InChI is InChI=1S/C10H15F3N2O/c11-10(12,13)9(3-4-9)8(16)15-5-1-2-7(14)6-15/h7H,1-6,14H2/t7-/m0/s1. The fraction of sp³-hybridized carbons (Fsp3) is 0.900. The van der Waals surface area contributed by atoms with Crippen LogP contribution in [0.4, 0.5) is 13.2 Å². The zero-order valence-corrected chi connectivity index (χ0v) is 8.89. The smallest absolute Gasteiger partial charge is 0.340 e. The largest absolute Gasteiger partial charge is 0.403 e. The van der Waals surface area contributed by atoms with Crippen molar-refractivity contribution in [3.8, 4) is 0 Å². The van der Waals surface area contributed by atoms with Crippen LogP contribution in [0.2, 0.25) is 0 Å². The molecule has 1 amide bonds. The predicted octanol–water partition coefficient (Wildman–Crippen LogP) is 1.28. The molecule has 1 saturated heterocycles. The molecule has 6 heteroatoms. The van der Waals surface area contributed by atoms with Gasteiger partial charge >= 0.3 is 6.18 Å². The molecule has 1 aliphatic heterocycles. The summed E-state index contributed by atoms with van der Waals surface area (Å²) >= 11 is 0. The van der Waals surface area contributed by atoms with Gasteiger partial charge in [0.05, 0.1) is 0 Å². The van der Waals surface area contributed by atoms with Gasteiger partial charge in [0.2, 0.25) is 5.91 Å². The topological polar surface area (TPSA) is 46.3 Å². The number of carbonyl (C=O) groups excluding carboxylic acids is 1. The van der Waals surface area contributed by atoms with Crippen molar-refractivity contribution in [1.29, 1.82) is 0 Å². The van der Waals surface area contributed by atoms with E-state index in [1.807, 2.05) is 0 Å². The minimum Gasteiger partial charge on any atom is -0.340 e. The molecular weight excluding hydrogens is 221 g/mol. The molecule has 1 aliphatic carbocycles. The maximum Gasteiger partial charge on any atom is 0.403 e.